The van der Waals surface area contributed by atoms with E-state index in [2.05, 4.69) is 0 Å². The molecule has 1 heterocycles. The standard InChI is InChI=1S/C30H32ClN3O4/c31-23-3-1-2-18(13-23)8-9-33(29(38)30-15-19-10-20(16-30)12-21(11-19)17-30)25-14-26(35)34(28(25)37)24-6-4-22(5-7-24)27(32)36/h1-7,13,19-21,25H,8-12,14-17H2,(H2,32,36). The summed E-state index contributed by atoms with van der Waals surface area (Å²) in [5, 5.41) is 0.624. The maximum atomic E-state index is 14.5. The van der Waals surface area contributed by atoms with Crippen LogP contribution in [-0.4, -0.2) is 41.1 Å². The second-order valence-electron chi connectivity index (χ2n) is 11.8. The molecule has 0 radical (unpaired) electrons. The van der Waals surface area contributed by atoms with Crippen LogP contribution < -0.4 is 10.6 Å². The average molecular weight is 534 g/mol. The molecule has 4 aliphatic carbocycles. The Labute approximate surface area is 227 Å². The first-order valence-corrected chi connectivity index (χ1v) is 13.9. The Kier molecular flexibility index (Phi) is 6.29. The third-order valence-electron chi connectivity index (χ3n) is 9.19. The fraction of sp³-hybridized carbons (Fsp3) is 0.467. The van der Waals surface area contributed by atoms with E-state index in [1.807, 2.05) is 24.3 Å². The number of amides is 4. The SMILES string of the molecule is NC(=O)c1ccc(N2C(=O)CC(N(CCc3cccc(Cl)c3)C(=O)C34CC5CC(CC(C5)C3)C4)C2=O)cc1. The predicted octanol–water partition coefficient (Wildman–Crippen LogP) is 4.36. The number of hydrogen-bond acceptors (Lipinski definition) is 4. The molecule has 0 spiro atoms. The molecule has 38 heavy (non-hydrogen) atoms. The highest BCUT2D eigenvalue weighted by Crippen LogP contribution is 2.60. The Morgan fingerprint density at radius 2 is 1.61 bits per heavy atom. The van der Waals surface area contributed by atoms with Gasteiger partial charge < -0.3 is 10.6 Å². The molecule has 2 aromatic carbocycles. The number of anilines is 1. The fourth-order valence-electron chi connectivity index (χ4n) is 7.92. The van der Waals surface area contributed by atoms with Gasteiger partial charge in [0.1, 0.15) is 6.04 Å². The van der Waals surface area contributed by atoms with Crippen molar-refractivity contribution in [2.75, 3.05) is 11.4 Å². The summed E-state index contributed by atoms with van der Waals surface area (Å²) in [6.45, 7) is 0.346. The largest absolute Gasteiger partial charge is 0.366 e. The Hall–Kier alpha value is -3.19. The number of hydrogen-bond donors (Lipinski definition) is 1. The normalized spacial score (nSPS) is 29.7. The molecule has 1 saturated heterocycles. The molecule has 5 fully saturated rings. The van der Waals surface area contributed by atoms with E-state index in [0.717, 1.165) is 29.7 Å². The van der Waals surface area contributed by atoms with E-state index in [0.29, 0.717) is 47.0 Å². The van der Waals surface area contributed by atoms with Crippen LogP contribution in [0.25, 0.3) is 0 Å². The summed E-state index contributed by atoms with van der Waals surface area (Å²) < 4.78 is 0. The van der Waals surface area contributed by atoms with Crippen molar-refractivity contribution in [3.8, 4) is 0 Å². The van der Waals surface area contributed by atoms with Crippen LogP contribution in [0, 0.1) is 23.2 Å². The van der Waals surface area contributed by atoms with Crippen molar-refractivity contribution in [1.82, 2.24) is 4.90 Å². The molecular weight excluding hydrogens is 502 g/mol. The lowest BCUT2D eigenvalue weighted by Gasteiger charge is -2.57. The Morgan fingerprint density at radius 3 is 2.18 bits per heavy atom. The minimum atomic E-state index is -0.849. The van der Waals surface area contributed by atoms with Gasteiger partial charge in [0.05, 0.1) is 17.5 Å². The fourth-order valence-corrected chi connectivity index (χ4v) is 8.14. The van der Waals surface area contributed by atoms with E-state index in [1.165, 1.54) is 31.4 Å². The van der Waals surface area contributed by atoms with E-state index in [1.54, 1.807) is 17.0 Å². The zero-order valence-corrected chi connectivity index (χ0v) is 22.0. The first kappa shape index (κ1) is 25.1. The number of rotatable bonds is 7. The third kappa shape index (κ3) is 4.41. The summed E-state index contributed by atoms with van der Waals surface area (Å²) >= 11 is 6.21. The van der Waals surface area contributed by atoms with Gasteiger partial charge in [0.2, 0.25) is 17.7 Å². The van der Waals surface area contributed by atoms with Gasteiger partial charge in [0.15, 0.2) is 0 Å². The second kappa shape index (κ2) is 9.53. The zero-order valence-electron chi connectivity index (χ0n) is 21.3. The van der Waals surface area contributed by atoms with Crippen LogP contribution in [0.5, 0.6) is 0 Å². The zero-order chi connectivity index (χ0) is 26.6. The van der Waals surface area contributed by atoms with E-state index < -0.39 is 23.3 Å². The number of primary amides is 1. The smallest absolute Gasteiger partial charge is 0.257 e. The molecule has 1 atom stereocenters. The Bertz CT molecular complexity index is 1270. The monoisotopic (exact) mass is 533 g/mol. The number of imide groups is 1. The average Bonchev–Trinajstić information content (AvgIpc) is 3.16. The molecule has 7 nitrogen and oxygen atoms in total. The molecule has 4 saturated carbocycles. The van der Waals surface area contributed by atoms with E-state index in [4.69, 9.17) is 17.3 Å². The highest BCUT2D eigenvalue weighted by molar-refractivity contribution is 6.30. The minimum Gasteiger partial charge on any atom is -0.366 e. The lowest BCUT2D eigenvalue weighted by Crippen LogP contribution is -2.58. The molecular formula is C30H32ClN3O4. The summed E-state index contributed by atoms with van der Waals surface area (Å²) in [4.78, 5) is 55.7. The van der Waals surface area contributed by atoms with Crippen molar-refractivity contribution in [2.24, 2.45) is 28.9 Å². The maximum absolute atomic E-state index is 14.5. The Morgan fingerprint density at radius 1 is 0.974 bits per heavy atom. The number of benzene rings is 2. The highest BCUT2D eigenvalue weighted by Gasteiger charge is 2.57. The number of carbonyl (C=O) groups is 4. The number of nitrogens with zero attached hydrogens (tertiary/aromatic N) is 2. The molecule has 1 unspecified atom stereocenters. The van der Waals surface area contributed by atoms with Gasteiger partial charge in [-0.15, -0.1) is 0 Å². The van der Waals surface area contributed by atoms with Gasteiger partial charge in [0.25, 0.3) is 5.91 Å². The van der Waals surface area contributed by atoms with Gasteiger partial charge in [-0.1, -0.05) is 23.7 Å². The number of carbonyl (C=O) groups excluding carboxylic acids is 4. The molecule has 4 amide bonds. The molecule has 4 bridgehead atoms. The van der Waals surface area contributed by atoms with Crippen molar-refractivity contribution in [3.63, 3.8) is 0 Å². The van der Waals surface area contributed by atoms with Crippen molar-refractivity contribution in [2.45, 2.75) is 57.4 Å². The summed E-state index contributed by atoms with van der Waals surface area (Å²) in [5.41, 5.74) is 6.57. The van der Waals surface area contributed by atoms with Gasteiger partial charge in [0, 0.05) is 17.1 Å². The summed E-state index contributed by atoms with van der Waals surface area (Å²) in [7, 11) is 0. The van der Waals surface area contributed by atoms with Gasteiger partial charge in [-0.05, 0) is 105 Å². The van der Waals surface area contributed by atoms with Gasteiger partial charge in [-0.2, -0.15) is 0 Å². The molecule has 7 rings (SSSR count). The maximum Gasteiger partial charge on any atom is 0.257 e. The molecule has 1 aliphatic heterocycles. The van der Waals surface area contributed by atoms with E-state index in [-0.39, 0.29) is 18.2 Å². The third-order valence-corrected chi connectivity index (χ3v) is 9.43. The van der Waals surface area contributed by atoms with Crippen molar-refractivity contribution in [1.29, 1.82) is 0 Å². The molecule has 198 valence electrons. The number of halogens is 1. The predicted molar refractivity (Wildman–Crippen MR) is 143 cm³/mol. The van der Waals surface area contributed by atoms with Gasteiger partial charge in [-0.3, -0.25) is 19.2 Å². The molecule has 8 heteroatoms. The van der Waals surface area contributed by atoms with Crippen molar-refractivity contribution < 1.29 is 19.2 Å². The first-order valence-electron chi connectivity index (χ1n) is 13.5. The lowest BCUT2D eigenvalue weighted by molar-refractivity contribution is -0.161. The van der Waals surface area contributed by atoms with Crippen molar-refractivity contribution in [3.05, 3.63) is 64.7 Å². The van der Waals surface area contributed by atoms with Crippen LogP contribution in [0.3, 0.4) is 0 Å². The highest BCUT2D eigenvalue weighted by atomic mass is 35.5. The topological polar surface area (TPSA) is 101 Å². The van der Waals surface area contributed by atoms with Crippen LogP contribution in [-0.2, 0) is 20.8 Å². The van der Waals surface area contributed by atoms with E-state index in [9.17, 15) is 19.2 Å². The molecule has 2 aromatic rings. The van der Waals surface area contributed by atoms with Crippen molar-refractivity contribution >= 4 is 40.9 Å². The summed E-state index contributed by atoms with van der Waals surface area (Å²) in [6.07, 6.45) is 6.80. The van der Waals surface area contributed by atoms with E-state index >= 15 is 0 Å². The van der Waals surface area contributed by atoms with Crippen LogP contribution >= 0.6 is 11.6 Å². The van der Waals surface area contributed by atoms with Crippen LogP contribution in [0.2, 0.25) is 5.02 Å². The van der Waals surface area contributed by atoms with Crippen LogP contribution in [0.4, 0.5) is 5.69 Å². The minimum absolute atomic E-state index is 0.0377. The second-order valence-corrected chi connectivity index (χ2v) is 12.2. The van der Waals surface area contributed by atoms with Crippen LogP contribution in [0.15, 0.2) is 48.5 Å². The molecule has 5 aliphatic rings. The van der Waals surface area contributed by atoms with Gasteiger partial charge >= 0.3 is 0 Å². The van der Waals surface area contributed by atoms with Gasteiger partial charge in [-0.25, -0.2) is 4.90 Å². The lowest BCUT2D eigenvalue weighted by atomic mass is 9.49. The Balaban J connectivity index is 1.30. The molecule has 2 N–H and O–H groups in total. The molecule has 0 aromatic heterocycles. The number of nitrogens with two attached hydrogens (primary N) is 1. The summed E-state index contributed by atoms with van der Waals surface area (Å²) in [5.74, 6) is 0.463. The summed E-state index contributed by atoms with van der Waals surface area (Å²) in [6, 6.07) is 12.8. The quantitative estimate of drug-likeness (QED) is 0.534. The first-order chi connectivity index (χ1) is 18.2. The van der Waals surface area contributed by atoms with Crippen LogP contribution in [0.1, 0.15) is 60.9 Å².